The summed E-state index contributed by atoms with van der Waals surface area (Å²) in [5, 5.41) is 9.41. The maximum atomic E-state index is 12.3. The molecule has 3 nitrogen and oxygen atoms in total. The molecule has 0 spiro atoms. The molecule has 1 aliphatic carbocycles. The molecule has 0 N–H and O–H groups in total. The van der Waals surface area contributed by atoms with Crippen molar-refractivity contribution in [2.45, 2.75) is 30.4 Å². The summed E-state index contributed by atoms with van der Waals surface area (Å²) >= 11 is 1.89. The summed E-state index contributed by atoms with van der Waals surface area (Å²) in [6.45, 7) is 0. The van der Waals surface area contributed by atoms with Crippen LogP contribution in [0.1, 0.15) is 36.3 Å². The topological polar surface area (TPSA) is 53.2 Å². The van der Waals surface area contributed by atoms with E-state index in [0.717, 1.165) is 35.4 Å². The summed E-state index contributed by atoms with van der Waals surface area (Å²) in [4.78, 5) is 17.1. The number of carbonyl (C=O) groups is 1. The molecule has 4 heteroatoms. The third kappa shape index (κ3) is 1.96. The van der Waals surface area contributed by atoms with Gasteiger partial charge in [-0.3, -0.25) is 9.79 Å². The maximum absolute atomic E-state index is 12.3. The second-order valence-electron chi connectivity index (χ2n) is 5.64. The molecule has 1 fully saturated rings. The van der Waals surface area contributed by atoms with Gasteiger partial charge in [-0.15, -0.1) is 0 Å². The molecular weight excluding hydrogens is 280 g/mol. The monoisotopic (exact) mass is 294 g/mol. The Balaban J connectivity index is 1.87. The van der Waals surface area contributed by atoms with Crippen LogP contribution in [0, 0.1) is 11.3 Å². The Bertz CT molecular complexity index is 741. The SMILES string of the molecule is N#Cc1cccc(C2C3=C(CCC3=O)N=C3CCSC32)c1. The van der Waals surface area contributed by atoms with Crippen molar-refractivity contribution in [3.05, 3.63) is 46.7 Å². The Morgan fingerprint density at radius 1 is 1.29 bits per heavy atom. The van der Waals surface area contributed by atoms with Gasteiger partial charge in [-0.2, -0.15) is 17.0 Å². The largest absolute Gasteiger partial charge is 0.294 e. The molecular formula is C17H14N2OS. The predicted octanol–water partition coefficient (Wildman–Crippen LogP) is 3.22. The van der Waals surface area contributed by atoms with Gasteiger partial charge in [0.15, 0.2) is 5.78 Å². The Hall–Kier alpha value is -1.86. The average molecular weight is 294 g/mol. The highest BCUT2D eigenvalue weighted by Crippen LogP contribution is 2.48. The van der Waals surface area contributed by atoms with E-state index in [0.29, 0.717) is 12.0 Å². The molecule has 1 aromatic rings. The van der Waals surface area contributed by atoms with Crippen LogP contribution in [-0.2, 0) is 4.79 Å². The van der Waals surface area contributed by atoms with E-state index < -0.39 is 0 Å². The third-order valence-corrected chi connectivity index (χ3v) is 5.79. The molecule has 2 heterocycles. The number of nitriles is 1. The van der Waals surface area contributed by atoms with Crippen LogP contribution < -0.4 is 0 Å². The van der Waals surface area contributed by atoms with Crippen molar-refractivity contribution >= 4 is 23.3 Å². The lowest BCUT2D eigenvalue weighted by Crippen LogP contribution is -2.28. The number of benzene rings is 1. The molecule has 0 amide bonds. The van der Waals surface area contributed by atoms with Crippen LogP contribution in [-0.4, -0.2) is 22.5 Å². The molecule has 2 atom stereocenters. The Morgan fingerprint density at radius 3 is 3.05 bits per heavy atom. The number of allylic oxidation sites excluding steroid dienone is 2. The number of nitrogens with zero attached hydrogens (tertiary/aromatic N) is 2. The lowest BCUT2D eigenvalue weighted by Gasteiger charge is -2.28. The third-order valence-electron chi connectivity index (χ3n) is 4.45. The Morgan fingerprint density at radius 2 is 2.19 bits per heavy atom. The first-order valence-corrected chi connectivity index (χ1v) is 8.28. The first kappa shape index (κ1) is 12.8. The van der Waals surface area contributed by atoms with Gasteiger partial charge in [0, 0.05) is 29.3 Å². The molecule has 0 bridgehead atoms. The van der Waals surface area contributed by atoms with Gasteiger partial charge < -0.3 is 0 Å². The minimum Gasteiger partial charge on any atom is -0.294 e. The smallest absolute Gasteiger partial charge is 0.161 e. The van der Waals surface area contributed by atoms with E-state index in [2.05, 4.69) is 6.07 Å². The molecule has 104 valence electrons. The number of hydrogen-bond acceptors (Lipinski definition) is 4. The van der Waals surface area contributed by atoms with E-state index >= 15 is 0 Å². The summed E-state index contributed by atoms with van der Waals surface area (Å²) < 4.78 is 0. The van der Waals surface area contributed by atoms with Crippen molar-refractivity contribution in [2.24, 2.45) is 4.99 Å². The Labute approximate surface area is 127 Å². The number of Topliss-reactive ketones (excluding diaryl/α,β-unsaturated/α-hetero) is 1. The number of hydrogen-bond donors (Lipinski definition) is 0. The first-order chi connectivity index (χ1) is 10.3. The number of aliphatic imine (C=N–C) groups is 1. The number of thioether (sulfide) groups is 1. The zero-order valence-electron chi connectivity index (χ0n) is 11.5. The van der Waals surface area contributed by atoms with Crippen LogP contribution in [0.5, 0.6) is 0 Å². The van der Waals surface area contributed by atoms with E-state index in [1.54, 1.807) is 0 Å². The van der Waals surface area contributed by atoms with Crippen molar-refractivity contribution < 1.29 is 4.79 Å². The molecule has 2 unspecified atom stereocenters. The van der Waals surface area contributed by atoms with E-state index in [1.807, 2.05) is 36.0 Å². The van der Waals surface area contributed by atoms with E-state index in [1.165, 1.54) is 5.71 Å². The highest BCUT2D eigenvalue weighted by molar-refractivity contribution is 8.01. The summed E-state index contributed by atoms with van der Waals surface area (Å²) in [6.07, 6.45) is 2.39. The van der Waals surface area contributed by atoms with Crippen LogP contribution >= 0.6 is 11.8 Å². The number of ketones is 1. The summed E-state index contributed by atoms with van der Waals surface area (Å²) in [7, 11) is 0. The fourth-order valence-corrected chi connectivity index (χ4v) is 4.97. The molecule has 3 aliphatic rings. The fraction of sp³-hybridized carbons (Fsp3) is 0.353. The molecule has 0 radical (unpaired) electrons. The zero-order valence-corrected chi connectivity index (χ0v) is 12.3. The van der Waals surface area contributed by atoms with Crippen molar-refractivity contribution in [1.29, 1.82) is 5.26 Å². The molecule has 0 aromatic heterocycles. The standard InChI is InChI=1S/C17H14N2OS/c18-9-10-2-1-3-11(8-10)15-16-12(4-5-14(16)20)19-13-6-7-21-17(13)15/h1-3,8,15,17H,4-7H2. The summed E-state index contributed by atoms with van der Waals surface area (Å²) in [5.74, 6) is 1.41. The molecule has 4 rings (SSSR count). The zero-order chi connectivity index (χ0) is 14.4. The van der Waals surface area contributed by atoms with Gasteiger partial charge >= 0.3 is 0 Å². The number of fused-ring (bicyclic) bond motifs is 1. The highest BCUT2D eigenvalue weighted by Gasteiger charge is 2.43. The lowest BCUT2D eigenvalue weighted by molar-refractivity contribution is -0.115. The van der Waals surface area contributed by atoms with Crippen molar-refractivity contribution in [1.82, 2.24) is 0 Å². The quantitative estimate of drug-likeness (QED) is 0.799. The first-order valence-electron chi connectivity index (χ1n) is 7.23. The second kappa shape index (κ2) is 4.85. The average Bonchev–Trinajstić information content (AvgIpc) is 3.12. The molecule has 1 aromatic carbocycles. The molecule has 2 aliphatic heterocycles. The maximum Gasteiger partial charge on any atom is 0.161 e. The van der Waals surface area contributed by atoms with Crippen molar-refractivity contribution in [3.8, 4) is 6.07 Å². The highest BCUT2D eigenvalue weighted by atomic mass is 32.2. The van der Waals surface area contributed by atoms with Gasteiger partial charge in [-0.05, 0) is 36.3 Å². The predicted molar refractivity (Wildman–Crippen MR) is 83.5 cm³/mol. The van der Waals surface area contributed by atoms with Crippen LogP contribution in [0.3, 0.4) is 0 Å². The summed E-state index contributed by atoms with van der Waals surface area (Å²) in [6, 6.07) is 9.91. The Kier molecular flexibility index (Phi) is 2.97. The molecule has 21 heavy (non-hydrogen) atoms. The summed E-state index contributed by atoms with van der Waals surface area (Å²) in [5.41, 5.74) is 4.89. The molecule has 0 saturated carbocycles. The fourth-order valence-electron chi connectivity index (χ4n) is 3.54. The van der Waals surface area contributed by atoms with Crippen LogP contribution in [0.25, 0.3) is 0 Å². The van der Waals surface area contributed by atoms with Crippen molar-refractivity contribution in [3.63, 3.8) is 0 Å². The van der Waals surface area contributed by atoms with Crippen LogP contribution in [0.15, 0.2) is 40.5 Å². The van der Waals surface area contributed by atoms with Crippen LogP contribution in [0.4, 0.5) is 0 Å². The van der Waals surface area contributed by atoms with Gasteiger partial charge in [-0.1, -0.05) is 12.1 Å². The normalized spacial score (nSPS) is 27.2. The van der Waals surface area contributed by atoms with E-state index in [-0.39, 0.29) is 17.0 Å². The van der Waals surface area contributed by atoms with Gasteiger partial charge in [0.1, 0.15) is 0 Å². The van der Waals surface area contributed by atoms with Gasteiger partial charge in [0.25, 0.3) is 0 Å². The lowest BCUT2D eigenvalue weighted by atomic mass is 9.82. The second-order valence-corrected chi connectivity index (χ2v) is 6.89. The van der Waals surface area contributed by atoms with E-state index in [4.69, 9.17) is 10.3 Å². The van der Waals surface area contributed by atoms with E-state index in [9.17, 15) is 4.79 Å². The van der Waals surface area contributed by atoms with Gasteiger partial charge in [-0.25, -0.2) is 0 Å². The minimum atomic E-state index is 0.0864. The number of carbonyl (C=O) groups excluding carboxylic acids is 1. The van der Waals surface area contributed by atoms with Crippen molar-refractivity contribution in [2.75, 3.05) is 5.75 Å². The van der Waals surface area contributed by atoms with Gasteiger partial charge in [0.2, 0.25) is 0 Å². The van der Waals surface area contributed by atoms with Crippen LogP contribution in [0.2, 0.25) is 0 Å². The van der Waals surface area contributed by atoms with Gasteiger partial charge in [0.05, 0.1) is 16.9 Å². The molecule has 1 saturated heterocycles. The number of rotatable bonds is 1. The minimum absolute atomic E-state index is 0.0864.